The third-order valence-corrected chi connectivity index (χ3v) is 5.72. The maximum Gasteiger partial charge on any atom is 0.251 e. The minimum absolute atomic E-state index is 0.157. The van der Waals surface area contributed by atoms with Crippen molar-refractivity contribution >= 4 is 23.6 Å². The fourth-order valence-corrected chi connectivity index (χ4v) is 4.08. The predicted octanol–water partition coefficient (Wildman–Crippen LogP) is 1.68. The van der Waals surface area contributed by atoms with E-state index < -0.39 is 0 Å². The zero-order valence-electron chi connectivity index (χ0n) is 15.4. The Balaban J connectivity index is 1.38. The van der Waals surface area contributed by atoms with E-state index in [9.17, 15) is 4.79 Å². The minimum Gasteiger partial charge on any atom is -0.368 e. The van der Waals surface area contributed by atoms with Crippen molar-refractivity contribution in [2.24, 2.45) is 4.99 Å². The predicted molar refractivity (Wildman–Crippen MR) is 106 cm³/mol. The van der Waals surface area contributed by atoms with E-state index in [0.29, 0.717) is 6.61 Å². The second-order valence-electron chi connectivity index (χ2n) is 6.45. The molecule has 1 aromatic rings. The van der Waals surface area contributed by atoms with Gasteiger partial charge in [-0.15, -0.1) is 11.8 Å². The summed E-state index contributed by atoms with van der Waals surface area (Å²) in [6.45, 7) is 4.67. The lowest BCUT2D eigenvalue weighted by Crippen LogP contribution is -2.55. The van der Waals surface area contributed by atoms with Crippen LogP contribution in [0.3, 0.4) is 0 Å². The molecule has 0 spiro atoms. The number of carbonyl (C=O) groups excluding carboxylic acids is 1. The Bertz CT molecular complexity index is 597. The van der Waals surface area contributed by atoms with Gasteiger partial charge in [-0.1, -0.05) is 18.2 Å². The highest BCUT2D eigenvalue weighted by Gasteiger charge is 2.30. The Labute approximate surface area is 160 Å². The van der Waals surface area contributed by atoms with Crippen LogP contribution in [0, 0.1) is 0 Å². The molecule has 6 nitrogen and oxygen atoms in total. The van der Waals surface area contributed by atoms with Crippen LogP contribution in [0.5, 0.6) is 0 Å². The summed E-state index contributed by atoms with van der Waals surface area (Å²) in [6, 6.07) is 10.4. The number of guanidine groups is 1. The fourth-order valence-electron chi connectivity index (χ4n) is 3.30. The van der Waals surface area contributed by atoms with E-state index >= 15 is 0 Å². The standard InChI is InChI=1S/C19H28N4O2S/c1-20-19(21-9-15-26-16-6-3-2-4-7-16)23-12-10-22(11-13-23)18(24)17-8-5-14-25-17/h2-4,6-7,17H,5,8-15H2,1H3,(H,20,21). The summed E-state index contributed by atoms with van der Waals surface area (Å²) in [5, 5.41) is 3.44. The monoisotopic (exact) mass is 376 g/mol. The number of ether oxygens (including phenoxy) is 1. The zero-order valence-corrected chi connectivity index (χ0v) is 16.2. The number of benzene rings is 1. The zero-order chi connectivity index (χ0) is 18.2. The summed E-state index contributed by atoms with van der Waals surface area (Å²) >= 11 is 1.84. The number of thioether (sulfide) groups is 1. The van der Waals surface area contributed by atoms with Gasteiger partial charge in [-0.05, 0) is 25.0 Å². The highest BCUT2D eigenvalue weighted by molar-refractivity contribution is 7.99. The number of nitrogens with zero attached hydrogens (tertiary/aromatic N) is 3. The number of carbonyl (C=O) groups is 1. The smallest absolute Gasteiger partial charge is 0.251 e. The number of hydrogen-bond acceptors (Lipinski definition) is 4. The molecule has 26 heavy (non-hydrogen) atoms. The number of rotatable bonds is 5. The average Bonchev–Trinajstić information content (AvgIpc) is 3.23. The van der Waals surface area contributed by atoms with Crippen LogP contribution in [-0.4, -0.2) is 79.9 Å². The molecule has 1 aromatic carbocycles. The van der Waals surface area contributed by atoms with Crippen molar-refractivity contribution < 1.29 is 9.53 Å². The van der Waals surface area contributed by atoms with Gasteiger partial charge >= 0.3 is 0 Å². The lowest BCUT2D eigenvalue weighted by molar-refractivity contribution is -0.142. The summed E-state index contributed by atoms with van der Waals surface area (Å²) in [5.74, 6) is 2.06. The molecule has 1 unspecified atom stereocenters. The Kier molecular flexibility index (Phi) is 7.20. The number of nitrogens with one attached hydrogen (secondary N) is 1. The normalized spacial score (nSPS) is 21.1. The molecule has 1 atom stereocenters. The molecule has 2 fully saturated rings. The van der Waals surface area contributed by atoms with Gasteiger partial charge in [-0.3, -0.25) is 9.79 Å². The van der Waals surface area contributed by atoms with Gasteiger partial charge in [0.1, 0.15) is 6.10 Å². The molecule has 1 N–H and O–H groups in total. The summed E-state index contributed by atoms with van der Waals surface area (Å²) in [5.41, 5.74) is 0. The molecule has 0 bridgehead atoms. The van der Waals surface area contributed by atoms with E-state index in [4.69, 9.17) is 4.74 Å². The molecule has 3 rings (SSSR count). The first-order chi connectivity index (χ1) is 12.8. The second-order valence-corrected chi connectivity index (χ2v) is 7.62. The van der Waals surface area contributed by atoms with Crippen molar-refractivity contribution in [1.82, 2.24) is 15.1 Å². The molecule has 2 aliphatic heterocycles. The first-order valence-corrected chi connectivity index (χ1v) is 10.3. The Morgan fingerprint density at radius 2 is 1.96 bits per heavy atom. The summed E-state index contributed by atoms with van der Waals surface area (Å²) in [6.07, 6.45) is 1.64. The van der Waals surface area contributed by atoms with Gasteiger partial charge < -0.3 is 19.9 Å². The van der Waals surface area contributed by atoms with E-state index in [2.05, 4.69) is 39.5 Å². The number of piperazine rings is 1. The molecule has 142 valence electrons. The van der Waals surface area contributed by atoms with Crippen LogP contribution in [0.4, 0.5) is 0 Å². The first-order valence-electron chi connectivity index (χ1n) is 9.32. The van der Waals surface area contributed by atoms with E-state index in [1.807, 2.05) is 29.8 Å². The Morgan fingerprint density at radius 1 is 1.23 bits per heavy atom. The second kappa shape index (κ2) is 9.83. The number of amides is 1. The van der Waals surface area contributed by atoms with E-state index in [1.54, 1.807) is 0 Å². The van der Waals surface area contributed by atoms with Gasteiger partial charge in [0.05, 0.1) is 0 Å². The van der Waals surface area contributed by atoms with Gasteiger partial charge in [0.25, 0.3) is 5.91 Å². The minimum atomic E-state index is -0.214. The topological polar surface area (TPSA) is 57.2 Å². The Hall–Kier alpha value is -1.73. The molecule has 0 aromatic heterocycles. The van der Waals surface area contributed by atoms with Crippen LogP contribution in [-0.2, 0) is 9.53 Å². The third-order valence-electron chi connectivity index (χ3n) is 4.70. The van der Waals surface area contributed by atoms with E-state index in [1.165, 1.54) is 4.90 Å². The first kappa shape index (κ1) is 19.0. The molecule has 2 saturated heterocycles. The van der Waals surface area contributed by atoms with Crippen molar-refractivity contribution in [1.29, 1.82) is 0 Å². The molecule has 0 aliphatic carbocycles. The van der Waals surface area contributed by atoms with Crippen LogP contribution in [0.1, 0.15) is 12.8 Å². The molecule has 2 heterocycles. The van der Waals surface area contributed by atoms with Gasteiger partial charge in [0.2, 0.25) is 0 Å². The largest absolute Gasteiger partial charge is 0.368 e. The van der Waals surface area contributed by atoms with E-state index in [0.717, 1.165) is 57.3 Å². The molecule has 2 aliphatic rings. The van der Waals surface area contributed by atoms with Crippen molar-refractivity contribution in [3.63, 3.8) is 0 Å². The highest BCUT2D eigenvalue weighted by atomic mass is 32.2. The van der Waals surface area contributed by atoms with Crippen molar-refractivity contribution in [3.05, 3.63) is 30.3 Å². The van der Waals surface area contributed by atoms with Crippen LogP contribution >= 0.6 is 11.8 Å². The van der Waals surface area contributed by atoms with Crippen molar-refractivity contribution in [2.45, 2.75) is 23.8 Å². The molecule has 7 heteroatoms. The van der Waals surface area contributed by atoms with Gasteiger partial charge in [0, 0.05) is 57.0 Å². The molecule has 0 radical (unpaired) electrons. The van der Waals surface area contributed by atoms with Gasteiger partial charge in [0.15, 0.2) is 5.96 Å². The van der Waals surface area contributed by atoms with Crippen LogP contribution in [0.25, 0.3) is 0 Å². The van der Waals surface area contributed by atoms with Gasteiger partial charge in [-0.25, -0.2) is 0 Å². The molecular weight excluding hydrogens is 348 g/mol. The van der Waals surface area contributed by atoms with E-state index in [-0.39, 0.29) is 12.0 Å². The summed E-state index contributed by atoms with van der Waals surface area (Å²) in [4.78, 5) is 22.3. The lowest BCUT2D eigenvalue weighted by Gasteiger charge is -2.37. The maximum absolute atomic E-state index is 12.4. The van der Waals surface area contributed by atoms with Crippen molar-refractivity contribution in [2.75, 3.05) is 52.1 Å². The summed E-state index contributed by atoms with van der Waals surface area (Å²) < 4.78 is 5.52. The van der Waals surface area contributed by atoms with Gasteiger partial charge in [-0.2, -0.15) is 0 Å². The van der Waals surface area contributed by atoms with Crippen LogP contribution in [0.2, 0.25) is 0 Å². The molecule has 0 saturated carbocycles. The number of aliphatic imine (C=N–C) groups is 1. The average molecular weight is 377 g/mol. The third kappa shape index (κ3) is 5.14. The Morgan fingerprint density at radius 3 is 2.62 bits per heavy atom. The lowest BCUT2D eigenvalue weighted by atomic mass is 10.2. The fraction of sp³-hybridized carbons (Fsp3) is 0.579. The SMILES string of the molecule is CN=C(NCCSc1ccccc1)N1CCN(C(=O)C2CCCO2)CC1. The van der Waals surface area contributed by atoms with Crippen molar-refractivity contribution in [3.8, 4) is 0 Å². The quantitative estimate of drug-likeness (QED) is 0.367. The van der Waals surface area contributed by atoms with Crippen LogP contribution in [0.15, 0.2) is 40.2 Å². The highest BCUT2D eigenvalue weighted by Crippen LogP contribution is 2.17. The molecule has 1 amide bonds. The molecular formula is C19H28N4O2S. The maximum atomic E-state index is 12.4. The van der Waals surface area contributed by atoms with Crippen LogP contribution < -0.4 is 5.32 Å². The number of hydrogen-bond donors (Lipinski definition) is 1. The summed E-state index contributed by atoms with van der Waals surface area (Å²) in [7, 11) is 1.82.